The fourth-order valence-corrected chi connectivity index (χ4v) is 1.89. The van der Waals surface area contributed by atoms with Crippen molar-refractivity contribution in [1.29, 1.82) is 0 Å². The summed E-state index contributed by atoms with van der Waals surface area (Å²) in [5.74, 6) is 1.23. The molecule has 90 valence electrons. The third kappa shape index (κ3) is 3.72. The van der Waals surface area contributed by atoms with Crippen LogP contribution in [0.15, 0.2) is 12.4 Å². The highest BCUT2D eigenvalue weighted by molar-refractivity contribution is 6.30. The normalized spacial score (nSPS) is 14.8. The minimum absolute atomic E-state index is 0.351. The van der Waals surface area contributed by atoms with Crippen molar-refractivity contribution in [1.82, 2.24) is 15.3 Å². The Kier molecular flexibility index (Phi) is 5.71. The fraction of sp³-hybridized carbons (Fsp3) is 0.667. The predicted molar refractivity (Wildman–Crippen MR) is 67.8 cm³/mol. The van der Waals surface area contributed by atoms with E-state index in [2.05, 4.69) is 36.1 Å². The maximum absolute atomic E-state index is 5.78. The van der Waals surface area contributed by atoms with Crippen molar-refractivity contribution in [2.24, 2.45) is 0 Å². The van der Waals surface area contributed by atoms with E-state index in [1.807, 2.05) is 0 Å². The van der Waals surface area contributed by atoms with E-state index in [0.29, 0.717) is 17.0 Å². The lowest BCUT2D eigenvalue weighted by Gasteiger charge is -2.22. The Morgan fingerprint density at radius 3 is 2.44 bits per heavy atom. The van der Waals surface area contributed by atoms with Crippen LogP contribution in [0.3, 0.4) is 0 Å². The summed E-state index contributed by atoms with van der Waals surface area (Å²) in [5.41, 5.74) is 0. The molecule has 0 saturated carbocycles. The molecule has 0 radical (unpaired) electrons. The summed E-state index contributed by atoms with van der Waals surface area (Å²) in [6.07, 6.45) is 5.50. The van der Waals surface area contributed by atoms with E-state index in [-0.39, 0.29) is 0 Å². The molecule has 0 fully saturated rings. The molecule has 16 heavy (non-hydrogen) atoms. The quantitative estimate of drug-likeness (QED) is 0.832. The Balaban J connectivity index is 2.69. The van der Waals surface area contributed by atoms with Gasteiger partial charge >= 0.3 is 0 Å². The molecule has 0 spiro atoms. The highest BCUT2D eigenvalue weighted by Gasteiger charge is 2.19. The van der Waals surface area contributed by atoms with Gasteiger partial charge in [0.05, 0.1) is 5.02 Å². The number of aromatic nitrogens is 2. The first-order valence-electron chi connectivity index (χ1n) is 5.89. The van der Waals surface area contributed by atoms with E-state index in [4.69, 9.17) is 11.6 Å². The molecule has 3 nitrogen and oxygen atoms in total. The van der Waals surface area contributed by atoms with E-state index in [9.17, 15) is 0 Å². The second-order valence-electron chi connectivity index (χ2n) is 4.02. The minimum atomic E-state index is 0.351. The van der Waals surface area contributed by atoms with Gasteiger partial charge in [-0.3, -0.25) is 0 Å². The summed E-state index contributed by atoms with van der Waals surface area (Å²) < 4.78 is 0. The molecule has 2 unspecified atom stereocenters. The van der Waals surface area contributed by atoms with Crippen LogP contribution in [-0.2, 0) is 0 Å². The molecule has 4 heteroatoms. The van der Waals surface area contributed by atoms with E-state index in [1.165, 1.54) is 0 Å². The Bertz CT molecular complexity index is 300. The van der Waals surface area contributed by atoms with Crippen molar-refractivity contribution in [2.45, 2.75) is 45.6 Å². The maximum Gasteiger partial charge on any atom is 0.132 e. The smallest absolute Gasteiger partial charge is 0.132 e. The van der Waals surface area contributed by atoms with Crippen molar-refractivity contribution in [2.75, 3.05) is 6.54 Å². The zero-order chi connectivity index (χ0) is 12.0. The Morgan fingerprint density at radius 2 is 1.94 bits per heavy atom. The van der Waals surface area contributed by atoms with E-state index >= 15 is 0 Å². The van der Waals surface area contributed by atoms with Crippen molar-refractivity contribution in [3.63, 3.8) is 0 Å². The van der Waals surface area contributed by atoms with Gasteiger partial charge in [-0.25, -0.2) is 9.97 Å². The number of hydrogen-bond acceptors (Lipinski definition) is 3. The predicted octanol–water partition coefficient (Wildman–Crippen LogP) is 3.01. The molecule has 0 bridgehead atoms. The molecule has 0 aliphatic heterocycles. The Hall–Kier alpha value is -0.670. The first-order valence-corrected chi connectivity index (χ1v) is 6.27. The summed E-state index contributed by atoms with van der Waals surface area (Å²) in [4.78, 5) is 8.59. The molecule has 1 aromatic rings. The number of nitrogens with one attached hydrogen (secondary N) is 1. The molecule has 1 heterocycles. The third-order valence-corrected chi connectivity index (χ3v) is 2.93. The third-order valence-electron chi connectivity index (χ3n) is 2.73. The van der Waals surface area contributed by atoms with Crippen LogP contribution in [0, 0.1) is 0 Å². The van der Waals surface area contributed by atoms with Gasteiger partial charge in [0.2, 0.25) is 0 Å². The van der Waals surface area contributed by atoms with E-state index in [1.54, 1.807) is 12.4 Å². The Labute approximate surface area is 103 Å². The van der Waals surface area contributed by atoms with Gasteiger partial charge in [0.25, 0.3) is 0 Å². The lowest BCUT2D eigenvalue weighted by Crippen LogP contribution is -2.33. The van der Waals surface area contributed by atoms with E-state index in [0.717, 1.165) is 25.2 Å². The summed E-state index contributed by atoms with van der Waals surface area (Å²) in [6, 6.07) is 0.395. The topological polar surface area (TPSA) is 37.8 Å². The van der Waals surface area contributed by atoms with E-state index < -0.39 is 0 Å². The summed E-state index contributed by atoms with van der Waals surface area (Å²) >= 11 is 5.78. The van der Waals surface area contributed by atoms with Crippen molar-refractivity contribution >= 4 is 11.6 Å². The molecule has 1 N–H and O–H groups in total. The first-order chi connectivity index (χ1) is 7.69. The molecule has 2 atom stereocenters. The molecule has 0 amide bonds. The molecule has 0 aromatic carbocycles. The molecular formula is C12H20ClN3. The molecule has 0 saturated heterocycles. The number of nitrogens with zero attached hydrogens (tertiary/aromatic N) is 2. The zero-order valence-corrected chi connectivity index (χ0v) is 11.0. The van der Waals surface area contributed by atoms with Gasteiger partial charge in [-0.2, -0.15) is 0 Å². The molecule has 1 rings (SSSR count). The van der Waals surface area contributed by atoms with Crippen LogP contribution >= 0.6 is 11.6 Å². The second kappa shape index (κ2) is 6.81. The van der Waals surface area contributed by atoms with Gasteiger partial charge in [-0.1, -0.05) is 25.4 Å². The van der Waals surface area contributed by atoms with Crippen LogP contribution in [0.2, 0.25) is 5.02 Å². The summed E-state index contributed by atoms with van der Waals surface area (Å²) in [7, 11) is 0. The minimum Gasteiger partial charge on any atom is -0.314 e. The average molecular weight is 242 g/mol. The molecule has 1 aromatic heterocycles. The van der Waals surface area contributed by atoms with Crippen LogP contribution in [0.1, 0.15) is 45.4 Å². The molecule has 0 aliphatic carbocycles. The average Bonchev–Trinajstić information content (AvgIpc) is 2.30. The maximum atomic E-state index is 5.78. The number of hydrogen-bond donors (Lipinski definition) is 1. The summed E-state index contributed by atoms with van der Waals surface area (Å²) in [6.45, 7) is 7.54. The fourth-order valence-electron chi connectivity index (χ4n) is 1.79. The van der Waals surface area contributed by atoms with Gasteiger partial charge in [0.15, 0.2) is 0 Å². The van der Waals surface area contributed by atoms with Gasteiger partial charge in [-0.15, -0.1) is 0 Å². The van der Waals surface area contributed by atoms with Gasteiger partial charge in [0, 0.05) is 24.4 Å². The van der Waals surface area contributed by atoms with Gasteiger partial charge < -0.3 is 5.32 Å². The first kappa shape index (κ1) is 13.4. The highest BCUT2D eigenvalue weighted by Crippen LogP contribution is 2.20. The highest BCUT2D eigenvalue weighted by atomic mass is 35.5. The second-order valence-corrected chi connectivity index (χ2v) is 4.45. The van der Waals surface area contributed by atoms with Crippen molar-refractivity contribution in [3.8, 4) is 0 Å². The lowest BCUT2D eigenvalue weighted by molar-refractivity contribution is 0.435. The standard InChI is InChI=1S/C12H20ClN3/c1-4-6-14-9(3)11(5-2)12-15-7-10(13)8-16-12/h7-9,11,14H,4-6H2,1-3H3. The van der Waals surface area contributed by atoms with Crippen molar-refractivity contribution in [3.05, 3.63) is 23.2 Å². The van der Waals surface area contributed by atoms with Crippen LogP contribution < -0.4 is 5.32 Å². The van der Waals surface area contributed by atoms with Gasteiger partial charge in [-0.05, 0) is 26.3 Å². The van der Waals surface area contributed by atoms with Crippen LogP contribution in [0.4, 0.5) is 0 Å². The van der Waals surface area contributed by atoms with Crippen molar-refractivity contribution < 1.29 is 0 Å². The number of halogens is 1. The molecule has 0 aliphatic rings. The SMILES string of the molecule is CCCNC(C)C(CC)c1ncc(Cl)cn1. The largest absolute Gasteiger partial charge is 0.314 e. The summed E-state index contributed by atoms with van der Waals surface area (Å²) in [5, 5.41) is 4.07. The van der Waals surface area contributed by atoms with Crippen LogP contribution in [-0.4, -0.2) is 22.6 Å². The lowest BCUT2D eigenvalue weighted by atomic mass is 9.97. The van der Waals surface area contributed by atoms with Crippen LogP contribution in [0.5, 0.6) is 0 Å². The molecular weight excluding hydrogens is 222 g/mol. The monoisotopic (exact) mass is 241 g/mol. The Morgan fingerprint density at radius 1 is 1.31 bits per heavy atom. The number of rotatable bonds is 6. The van der Waals surface area contributed by atoms with Gasteiger partial charge in [0.1, 0.15) is 5.82 Å². The van der Waals surface area contributed by atoms with Crippen LogP contribution in [0.25, 0.3) is 0 Å². The zero-order valence-electron chi connectivity index (χ0n) is 10.2.